The molecular formula is C10H12N4Na3O14P3. The number of phosphoric ester groups is 1. The summed E-state index contributed by atoms with van der Waals surface area (Å²) in [6, 6.07) is 0. The van der Waals surface area contributed by atoms with Gasteiger partial charge in [-0.25, -0.2) is 18.6 Å². The molecule has 0 radical (unpaired) electrons. The molecule has 24 heteroatoms. The Kier molecular flexibility index (Phi) is 14.3. The maximum absolute atomic E-state index is 11.7. The molecule has 1 aliphatic rings. The Hall–Kier alpha value is 1.64. The number of rotatable bonds is 8. The summed E-state index contributed by atoms with van der Waals surface area (Å²) >= 11 is 0. The Morgan fingerprint density at radius 2 is 1.68 bits per heavy atom. The van der Waals surface area contributed by atoms with Crippen LogP contribution in [-0.2, 0) is 31.6 Å². The largest absolute Gasteiger partial charge is 1.00 e. The number of aliphatic hydroxyl groups excluding tert-OH is 2. The average molecular weight is 574 g/mol. The molecule has 1 fully saturated rings. The fourth-order valence-electron chi connectivity index (χ4n) is 2.60. The van der Waals surface area contributed by atoms with E-state index >= 15 is 0 Å². The van der Waals surface area contributed by atoms with Crippen LogP contribution in [0.15, 0.2) is 17.4 Å². The standard InChI is InChI=1S/C10H15N4O14P3.3Na/c15-6-4(1-25-30(21,22)28-31(23,24)27-29(18,19)20)26-10(7(6)16)14-3-13-5-8(14)11-2-12-9(5)17;;;/h2-4,6-7,10,15-16H,1H2,(H,21,22)(H,23,24)(H,11,12,17)(H2,18,19,20);;;/q;3*+1/p-3/t4-,6?,7+,10-;;;/m1.../s1. The molecule has 7 atom stereocenters. The van der Waals surface area contributed by atoms with E-state index in [1.54, 1.807) is 0 Å². The number of nitrogens with one attached hydrogen (secondary N) is 1. The van der Waals surface area contributed by atoms with Gasteiger partial charge in [0.2, 0.25) is 0 Å². The molecule has 18 nitrogen and oxygen atoms in total. The number of aromatic nitrogens is 4. The topological polar surface area (TPSA) is 282 Å². The summed E-state index contributed by atoms with van der Waals surface area (Å²) < 4.78 is 50.3. The second kappa shape index (κ2) is 13.6. The number of phosphoric acid groups is 3. The summed E-state index contributed by atoms with van der Waals surface area (Å²) in [4.78, 5) is 63.1. The zero-order chi connectivity index (χ0) is 23.2. The first kappa shape index (κ1) is 35.6. The van der Waals surface area contributed by atoms with Crippen LogP contribution in [0.5, 0.6) is 0 Å². The smallest absolute Gasteiger partial charge is 0.756 e. The normalized spacial score (nSPS) is 27.4. The van der Waals surface area contributed by atoms with Gasteiger partial charge in [-0.05, 0) is 0 Å². The van der Waals surface area contributed by atoms with Crippen molar-refractivity contribution in [2.45, 2.75) is 24.5 Å². The van der Waals surface area contributed by atoms with Gasteiger partial charge < -0.3 is 44.0 Å². The first-order valence-electron chi connectivity index (χ1n) is 7.84. The minimum absolute atomic E-state index is 0. The van der Waals surface area contributed by atoms with Crippen molar-refractivity contribution in [3.63, 3.8) is 0 Å². The fraction of sp³-hybridized carbons (Fsp3) is 0.500. The van der Waals surface area contributed by atoms with Crippen molar-refractivity contribution >= 4 is 34.6 Å². The number of aromatic amines is 1. The van der Waals surface area contributed by atoms with Gasteiger partial charge in [0.15, 0.2) is 17.4 Å². The van der Waals surface area contributed by atoms with Gasteiger partial charge in [-0.2, -0.15) is 0 Å². The van der Waals surface area contributed by atoms with E-state index in [0.717, 1.165) is 17.2 Å². The van der Waals surface area contributed by atoms with E-state index in [2.05, 4.69) is 28.1 Å². The van der Waals surface area contributed by atoms with Gasteiger partial charge in [0.1, 0.15) is 18.3 Å². The van der Waals surface area contributed by atoms with E-state index in [1.807, 2.05) is 0 Å². The molecule has 1 aliphatic heterocycles. The van der Waals surface area contributed by atoms with E-state index in [9.17, 15) is 43.4 Å². The molecule has 0 aromatic carbocycles. The zero-order valence-electron chi connectivity index (χ0n) is 17.7. The van der Waals surface area contributed by atoms with Gasteiger partial charge in [0, 0.05) is 0 Å². The number of hydrogen-bond acceptors (Lipinski definition) is 15. The number of nitrogens with zero attached hydrogens (tertiary/aromatic N) is 3. The minimum atomic E-state index is -6.09. The predicted molar refractivity (Wildman–Crippen MR) is 87.2 cm³/mol. The Morgan fingerprint density at radius 1 is 1.06 bits per heavy atom. The Balaban J connectivity index is 0.00000363. The number of hydrogen-bond donors (Lipinski definition) is 4. The quantitative estimate of drug-likeness (QED) is 0.168. The Morgan fingerprint density at radius 3 is 2.26 bits per heavy atom. The van der Waals surface area contributed by atoms with Crippen molar-refractivity contribution in [1.82, 2.24) is 19.5 Å². The van der Waals surface area contributed by atoms with Gasteiger partial charge in [0.25, 0.3) is 29.0 Å². The van der Waals surface area contributed by atoms with E-state index in [0.29, 0.717) is 0 Å². The maximum Gasteiger partial charge on any atom is 1.00 e. The molecule has 0 spiro atoms. The minimum Gasteiger partial charge on any atom is -0.756 e. The van der Waals surface area contributed by atoms with E-state index in [4.69, 9.17) is 9.63 Å². The fourth-order valence-corrected chi connectivity index (χ4v) is 5.49. The molecule has 1 saturated heterocycles. The van der Waals surface area contributed by atoms with Crippen LogP contribution in [0.2, 0.25) is 0 Å². The van der Waals surface area contributed by atoms with Gasteiger partial charge in [-0.1, -0.05) is 0 Å². The van der Waals surface area contributed by atoms with Gasteiger partial charge in [-0.15, -0.1) is 0 Å². The van der Waals surface area contributed by atoms with Crippen molar-refractivity contribution in [2.75, 3.05) is 6.61 Å². The van der Waals surface area contributed by atoms with Crippen LogP contribution < -0.4 is 109 Å². The van der Waals surface area contributed by atoms with Crippen molar-refractivity contribution in [3.8, 4) is 0 Å². The Labute approximate surface area is 255 Å². The van der Waals surface area contributed by atoms with Crippen molar-refractivity contribution in [1.29, 1.82) is 0 Å². The number of fused-ring (bicyclic) bond motifs is 1. The second-order valence-corrected chi connectivity index (χ2v) is 10.2. The van der Waals surface area contributed by atoms with E-state index in [-0.39, 0.29) is 99.8 Å². The van der Waals surface area contributed by atoms with Gasteiger partial charge in [-0.3, -0.25) is 23.1 Å². The van der Waals surface area contributed by atoms with Crippen LogP contribution in [0.25, 0.3) is 11.2 Å². The summed E-state index contributed by atoms with van der Waals surface area (Å²) in [6.07, 6.45) is -4.31. The van der Waals surface area contributed by atoms with Crippen LogP contribution >= 0.6 is 23.5 Å². The zero-order valence-corrected chi connectivity index (χ0v) is 26.4. The van der Waals surface area contributed by atoms with Crippen molar-refractivity contribution in [3.05, 3.63) is 23.0 Å². The monoisotopic (exact) mass is 574 g/mol. The molecule has 2 aromatic heterocycles. The van der Waals surface area contributed by atoms with Crippen LogP contribution in [0.1, 0.15) is 6.23 Å². The molecular weight excluding hydrogens is 562 g/mol. The number of aliphatic hydroxyl groups is 2. The van der Waals surface area contributed by atoms with Crippen LogP contribution in [-0.4, -0.2) is 59.5 Å². The summed E-state index contributed by atoms with van der Waals surface area (Å²) in [5.41, 5.74) is -0.749. The predicted octanol–water partition coefficient (Wildman–Crippen LogP) is -12.8. The number of H-pyrrole nitrogens is 1. The molecule has 0 amide bonds. The molecule has 4 unspecified atom stereocenters. The molecule has 0 aliphatic carbocycles. The first-order valence-corrected chi connectivity index (χ1v) is 12.3. The van der Waals surface area contributed by atoms with Crippen LogP contribution in [0.4, 0.5) is 0 Å². The molecule has 4 N–H and O–H groups in total. The summed E-state index contributed by atoms with van der Waals surface area (Å²) in [7, 11) is -17.8. The summed E-state index contributed by atoms with van der Waals surface area (Å²) in [5.74, 6) is 0. The third kappa shape index (κ3) is 9.13. The van der Waals surface area contributed by atoms with E-state index < -0.39 is 60.2 Å². The van der Waals surface area contributed by atoms with Crippen molar-refractivity contribution in [2.24, 2.45) is 0 Å². The van der Waals surface area contributed by atoms with E-state index in [1.165, 1.54) is 0 Å². The third-order valence-electron chi connectivity index (χ3n) is 3.78. The first-order chi connectivity index (χ1) is 14.2. The van der Waals surface area contributed by atoms with Gasteiger partial charge in [0.05, 0.1) is 19.3 Å². The molecule has 0 bridgehead atoms. The van der Waals surface area contributed by atoms with Gasteiger partial charge >= 0.3 is 88.7 Å². The average Bonchev–Trinajstić information content (AvgIpc) is 3.13. The molecule has 3 rings (SSSR count). The molecule has 174 valence electrons. The number of imidazole rings is 1. The Bertz CT molecular complexity index is 1170. The SMILES string of the molecule is O=c1[nH]cnc2c1ncn2[C@@H]1O[C@H](COP(=O)([O-])OP(=O)([O-])OP(=O)([O-])O)C(O)[C@@H]1O.[Na+].[Na+].[Na+]. The molecule has 0 saturated carbocycles. The molecule has 34 heavy (non-hydrogen) atoms. The summed E-state index contributed by atoms with van der Waals surface area (Å²) in [5, 5.41) is 20.3. The summed E-state index contributed by atoms with van der Waals surface area (Å²) in [6.45, 7) is -1.09. The maximum atomic E-state index is 11.7. The van der Waals surface area contributed by atoms with Crippen LogP contribution in [0.3, 0.4) is 0 Å². The molecule has 3 heterocycles. The van der Waals surface area contributed by atoms with Crippen LogP contribution in [0, 0.1) is 0 Å². The third-order valence-corrected chi connectivity index (χ3v) is 7.47. The second-order valence-electron chi connectivity index (χ2n) is 5.92. The molecule has 2 aromatic rings. The number of ether oxygens (including phenoxy) is 1. The van der Waals surface area contributed by atoms with Crippen molar-refractivity contribution < 1.29 is 150 Å².